The zero-order valence-corrected chi connectivity index (χ0v) is 14.9. The van der Waals surface area contributed by atoms with E-state index in [0.717, 1.165) is 16.7 Å². The number of aromatic nitrogens is 2. The van der Waals surface area contributed by atoms with Crippen molar-refractivity contribution < 1.29 is 4.39 Å². The Hall–Kier alpha value is -2.01. The minimum Gasteiger partial charge on any atom is -0.290 e. The second kappa shape index (κ2) is 8.39. The zero-order valence-electron chi connectivity index (χ0n) is 13.4. The molecule has 3 rings (SSSR count). The molecule has 0 fully saturated rings. The normalized spacial score (nSPS) is 11.0. The van der Waals surface area contributed by atoms with Crippen molar-refractivity contribution in [1.82, 2.24) is 14.9 Å². The van der Waals surface area contributed by atoms with Gasteiger partial charge in [0.15, 0.2) is 0 Å². The Bertz CT molecular complexity index is 806. The molecule has 0 N–H and O–H groups in total. The van der Waals surface area contributed by atoms with Gasteiger partial charge in [-0.1, -0.05) is 35.3 Å². The monoisotopic (exact) mass is 375 g/mol. The van der Waals surface area contributed by atoms with E-state index in [0.29, 0.717) is 29.7 Å². The molecule has 0 aliphatic rings. The second-order valence-electron chi connectivity index (χ2n) is 5.71. The molecule has 0 unspecified atom stereocenters. The van der Waals surface area contributed by atoms with Gasteiger partial charge in [0.2, 0.25) is 0 Å². The van der Waals surface area contributed by atoms with Crippen molar-refractivity contribution in [3.05, 3.63) is 93.7 Å². The Balaban J connectivity index is 1.84. The van der Waals surface area contributed by atoms with Crippen molar-refractivity contribution in [2.75, 3.05) is 0 Å². The molecule has 0 spiro atoms. The van der Waals surface area contributed by atoms with Crippen LogP contribution >= 0.6 is 23.2 Å². The first-order valence-corrected chi connectivity index (χ1v) is 8.51. The molecule has 2 heterocycles. The van der Waals surface area contributed by atoms with Crippen molar-refractivity contribution in [3.8, 4) is 0 Å². The largest absolute Gasteiger partial charge is 0.290 e. The first kappa shape index (κ1) is 17.8. The Morgan fingerprint density at radius 3 is 1.92 bits per heavy atom. The summed E-state index contributed by atoms with van der Waals surface area (Å²) in [6, 6.07) is 10.4. The van der Waals surface area contributed by atoms with E-state index in [1.54, 1.807) is 36.9 Å². The van der Waals surface area contributed by atoms with Crippen LogP contribution in [-0.4, -0.2) is 14.9 Å². The van der Waals surface area contributed by atoms with E-state index in [1.165, 1.54) is 12.1 Å². The molecule has 3 nitrogen and oxygen atoms in total. The SMILES string of the molecule is Fc1ccc(CN(Cc2ccncc2)Cc2c(Cl)cncc2Cl)cc1. The van der Waals surface area contributed by atoms with Crippen molar-refractivity contribution in [3.63, 3.8) is 0 Å². The van der Waals surface area contributed by atoms with Crippen molar-refractivity contribution in [1.29, 1.82) is 0 Å². The highest BCUT2D eigenvalue weighted by Crippen LogP contribution is 2.26. The molecule has 0 atom stereocenters. The fourth-order valence-electron chi connectivity index (χ4n) is 2.57. The smallest absolute Gasteiger partial charge is 0.123 e. The molecular formula is C19H16Cl2FN3. The summed E-state index contributed by atoms with van der Waals surface area (Å²) in [5, 5.41) is 1.07. The highest BCUT2D eigenvalue weighted by atomic mass is 35.5. The van der Waals surface area contributed by atoms with E-state index >= 15 is 0 Å². The topological polar surface area (TPSA) is 29.0 Å². The zero-order chi connectivity index (χ0) is 17.6. The van der Waals surface area contributed by atoms with Crippen molar-refractivity contribution in [2.24, 2.45) is 0 Å². The molecule has 3 aromatic rings. The van der Waals surface area contributed by atoms with Crippen LogP contribution in [0.5, 0.6) is 0 Å². The van der Waals surface area contributed by atoms with Crippen LogP contribution in [0.1, 0.15) is 16.7 Å². The molecule has 6 heteroatoms. The number of nitrogens with zero attached hydrogens (tertiary/aromatic N) is 3. The van der Waals surface area contributed by atoms with Gasteiger partial charge in [-0.15, -0.1) is 0 Å². The highest BCUT2D eigenvalue weighted by molar-refractivity contribution is 6.35. The maximum Gasteiger partial charge on any atom is 0.123 e. The number of halogens is 3. The predicted octanol–water partition coefficient (Wildman–Crippen LogP) is 5.12. The molecule has 0 aliphatic carbocycles. The van der Waals surface area contributed by atoms with Gasteiger partial charge in [-0.25, -0.2) is 4.39 Å². The lowest BCUT2D eigenvalue weighted by Crippen LogP contribution is -2.23. The fourth-order valence-corrected chi connectivity index (χ4v) is 3.06. The van der Waals surface area contributed by atoms with E-state index in [2.05, 4.69) is 14.9 Å². The Kier molecular flexibility index (Phi) is 5.97. The van der Waals surface area contributed by atoms with Crippen LogP contribution < -0.4 is 0 Å². The summed E-state index contributed by atoms with van der Waals surface area (Å²) in [4.78, 5) is 10.2. The molecule has 0 bridgehead atoms. The summed E-state index contributed by atoms with van der Waals surface area (Å²) in [6.07, 6.45) is 6.70. The van der Waals surface area contributed by atoms with Crippen LogP contribution in [-0.2, 0) is 19.6 Å². The third-order valence-electron chi connectivity index (χ3n) is 3.81. The lowest BCUT2D eigenvalue weighted by molar-refractivity contribution is 0.247. The van der Waals surface area contributed by atoms with Crippen LogP contribution in [0.25, 0.3) is 0 Å². The Morgan fingerprint density at radius 1 is 0.760 bits per heavy atom. The van der Waals surface area contributed by atoms with Gasteiger partial charge in [0.1, 0.15) is 5.82 Å². The minimum absolute atomic E-state index is 0.246. The first-order valence-electron chi connectivity index (χ1n) is 7.75. The lowest BCUT2D eigenvalue weighted by Gasteiger charge is -2.23. The molecule has 25 heavy (non-hydrogen) atoms. The average Bonchev–Trinajstić information content (AvgIpc) is 2.61. The summed E-state index contributed by atoms with van der Waals surface area (Å²) in [5.74, 6) is -0.246. The molecule has 0 saturated carbocycles. The van der Waals surface area contributed by atoms with E-state index in [9.17, 15) is 4.39 Å². The van der Waals surface area contributed by atoms with Crippen LogP contribution in [0.2, 0.25) is 10.0 Å². The van der Waals surface area contributed by atoms with Gasteiger partial charge in [0, 0.05) is 50.0 Å². The van der Waals surface area contributed by atoms with Crippen molar-refractivity contribution in [2.45, 2.75) is 19.6 Å². The average molecular weight is 376 g/mol. The van der Waals surface area contributed by atoms with Gasteiger partial charge in [0.25, 0.3) is 0 Å². The molecule has 0 aliphatic heterocycles. The van der Waals surface area contributed by atoms with Gasteiger partial charge in [-0.05, 0) is 35.4 Å². The van der Waals surface area contributed by atoms with Gasteiger partial charge in [-0.3, -0.25) is 14.9 Å². The van der Waals surface area contributed by atoms with Gasteiger partial charge in [-0.2, -0.15) is 0 Å². The third-order valence-corrected chi connectivity index (χ3v) is 4.46. The van der Waals surface area contributed by atoms with Crippen LogP contribution in [0, 0.1) is 5.82 Å². The Labute approximate surface area is 156 Å². The molecule has 0 amide bonds. The predicted molar refractivity (Wildman–Crippen MR) is 97.8 cm³/mol. The van der Waals surface area contributed by atoms with Crippen LogP contribution in [0.15, 0.2) is 61.2 Å². The molecular weight excluding hydrogens is 360 g/mol. The summed E-state index contributed by atoms with van der Waals surface area (Å²) in [7, 11) is 0. The van der Waals surface area contributed by atoms with Crippen molar-refractivity contribution >= 4 is 23.2 Å². The summed E-state index contributed by atoms with van der Waals surface area (Å²) < 4.78 is 13.2. The number of hydrogen-bond acceptors (Lipinski definition) is 3. The van der Waals surface area contributed by atoms with Gasteiger partial charge in [0.05, 0.1) is 10.0 Å². The first-order chi connectivity index (χ1) is 12.1. The lowest BCUT2D eigenvalue weighted by atomic mass is 10.1. The summed E-state index contributed by atoms with van der Waals surface area (Å²) in [5.41, 5.74) is 2.96. The molecule has 1 aromatic carbocycles. The van der Waals surface area contributed by atoms with E-state index in [-0.39, 0.29) is 5.82 Å². The van der Waals surface area contributed by atoms with Crippen LogP contribution in [0.3, 0.4) is 0 Å². The van der Waals surface area contributed by atoms with E-state index in [1.807, 2.05) is 12.1 Å². The number of rotatable bonds is 6. The molecule has 0 saturated heterocycles. The maximum atomic E-state index is 13.2. The summed E-state index contributed by atoms with van der Waals surface area (Å²) in [6.45, 7) is 1.88. The number of pyridine rings is 2. The molecule has 128 valence electrons. The Morgan fingerprint density at radius 2 is 1.32 bits per heavy atom. The summed E-state index contributed by atoms with van der Waals surface area (Å²) >= 11 is 12.5. The van der Waals surface area contributed by atoms with Crippen LogP contribution in [0.4, 0.5) is 4.39 Å². The van der Waals surface area contributed by atoms with Gasteiger partial charge < -0.3 is 0 Å². The quantitative estimate of drug-likeness (QED) is 0.598. The standard InChI is InChI=1S/C19H16Cl2FN3/c20-18-9-24-10-19(21)17(18)13-25(12-15-5-7-23-8-6-15)11-14-1-3-16(22)4-2-14/h1-10H,11-13H2. The van der Waals surface area contributed by atoms with E-state index in [4.69, 9.17) is 23.2 Å². The third kappa shape index (κ3) is 4.98. The van der Waals surface area contributed by atoms with E-state index < -0.39 is 0 Å². The number of hydrogen-bond donors (Lipinski definition) is 0. The second-order valence-corrected chi connectivity index (χ2v) is 6.52. The maximum absolute atomic E-state index is 13.2. The molecule has 0 radical (unpaired) electrons. The fraction of sp³-hybridized carbons (Fsp3) is 0.158. The minimum atomic E-state index is -0.246. The number of benzene rings is 1. The highest BCUT2D eigenvalue weighted by Gasteiger charge is 2.13. The molecule has 2 aromatic heterocycles. The van der Waals surface area contributed by atoms with Gasteiger partial charge >= 0.3 is 0 Å².